The van der Waals surface area contributed by atoms with Crippen LogP contribution in [0.2, 0.25) is 0 Å². The van der Waals surface area contributed by atoms with Crippen molar-refractivity contribution in [3.8, 4) is 11.6 Å². The minimum atomic E-state index is -0.480. The van der Waals surface area contributed by atoms with Gasteiger partial charge in [-0.3, -0.25) is 9.47 Å². The number of benzene rings is 1. The summed E-state index contributed by atoms with van der Waals surface area (Å²) in [5, 5.41) is 12.2. The van der Waals surface area contributed by atoms with E-state index in [1.807, 2.05) is 0 Å². The molecule has 1 amide bonds. The van der Waals surface area contributed by atoms with Crippen molar-refractivity contribution < 1.29 is 14.6 Å². The van der Waals surface area contributed by atoms with Crippen molar-refractivity contribution in [2.24, 2.45) is 0 Å². The van der Waals surface area contributed by atoms with Gasteiger partial charge in [-0.1, -0.05) is 30.8 Å². The molecule has 3 aromatic rings. The smallest absolute Gasteiger partial charge is 0.410 e. The van der Waals surface area contributed by atoms with E-state index in [-0.39, 0.29) is 23.4 Å². The molecule has 2 aliphatic heterocycles. The van der Waals surface area contributed by atoms with Crippen molar-refractivity contribution in [2.75, 3.05) is 13.7 Å². The number of hydrogen-bond donors (Lipinski definition) is 1. The van der Waals surface area contributed by atoms with Gasteiger partial charge in [-0.25, -0.2) is 14.2 Å². The number of nitrogens with zero attached hydrogens (tertiary/aromatic N) is 5. The number of methoxy groups -OCH3 is 1. The van der Waals surface area contributed by atoms with Crippen molar-refractivity contribution in [1.82, 2.24) is 19.0 Å². The molecule has 1 N–H and O–H groups in total. The van der Waals surface area contributed by atoms with E-state index in [9.17, 15) is 14.7 Å². The Kier molecular flexibility index (Phi) is 3.27. The van der Waals surface area contributed by atoms with E-state index in [0.717, 1.165) is 0 Å². The molecule has 9 nitrogen and oxygen atoms in total. The maximum Gasteiger partial charge on any atom is 0.410 e. The van der Waals surface area contributed by atoms with Crippen LogP contribution in [0.5, 0.6) is 5.88 Å². The van der Waals surface area contributed by atoms with Crippen LogP contribution in [0.4, 0.5) is 10.6 Å². The normalized spacial score (nSPS) is 19.6. The zero-order valence-electron chi connectivity index (χ0n) is 14.9. The summed E-state index contributed by atoms with van der Waals surface area (Å²) in [4.78, 5) is 34.3. The molecule has 28 heavy (non-hydrogen) atoms. The first-order valence-corrected chi connectivity index (χ1v) is 8.73. The third-order valence-corrected chi connectivity index (χ3v) is 5.57. The first kappa shape index (κ1) is 16.4. The van der Waals surface area contributed by atoms with Crippen LogP contribution < -0.4 is 5.69 Å². The Morgan fingerprint density at radius 3 is 2.82 bits per heavy atom. The van der Waals surface area contributed by atoms with Gasteiger partial charge in [-0.05, 0) is 6.42 Å². The summed E-state index contributed by atoms with van der Waals surface area (Å²) >= 11 is 0. The third kappa shape index (κ3) is 1.91. The third-order valence-electron chi connectivity index (χ3n) is 5.57. The van der Waals surface area contributed by atoms with Crippen LogP contribution in [0.25, 0.3) is 21.3 Å². The number of likely N-dealkylation sites (tertiary alicyclic amines) is 1. The number of pyridine rings is 1. The van der Waals surface area contributed by atoms with Gasteiger partial charge in [0, 0.05) is 17.3 Å². The molecular formula is C19H15N5O4. The molecule has 0 radical (unpaired) electrons. The van der Waals surface area contributed by atoms with Crippen molar-refractivity contribution in [3.63, 3.8) is 0 Å². The topological polar surface area (TPSA) is 94.0 Å². The van der Waals surface area contributed by atoms with E-state index in [0.29, 0.717) is 35.1 Å². The molecule has 9 heteroatoms. The summed E-state index contributed by atoms with van der Waals surface area (Å²) in [7, 11) is 1.31. The maximum atomic E-state index is 13.2. The van der Waals surface area contributed by atoms with Crippen LogP contribution in [0.3, 0.4) is 0 Å². The number of aromatic nitrogens is 3. The number of imidazole rings is 1. The van der Waals surface area contributed by atoms with E-state index in [4.69, 9.17) is 11.3 Å². The fraction of sp³-hybridized carbons (Fsp3) is 0.263. The van der Waals surface area contributed by atoms with Gasteiger partial charge >= 0.3 is 11.8 Å². The van der Waals surface area contributed by atoms with Crippen molar-refractivity contribution >= 4 is 22.7 Å². The Morgan fingerprint density at radius 2 is 2.11 bits per heavy atom. The van der Waals surface area contributed by atoms with Crippen molar-refractivity contribution in [2.45, 2.75) is 18.5 Å². The molecule has 1 fully saturated rings. The van der Waals surface area contributed by atoms with Gasteiger partial charge < -0.3 is 14.7 Å². The average molecular weight is 377 g/mol. The molecule has 2 atom stereocenters. The molecule has 2 aliphatic rings. The van der Waals surface area contributed by atoms with E-state index < -0.39 is 12.1 Å². The van der Waals surface area contributed by atoms with Gasteiger partial charge in [0.15, 0.2) is 0 Å². The highest BCUT2D eigenvalue weighted by Crippen LogP contribution is 2.49. The number of ether oxygens (including phenoxy) is 1. The molecule has 0 saturated carbocycles. The van der Waals surface area contributed by atoms with Gasteiger partial charge in [0.2, 0.25) is 5.88 Å². The number of carbonyl (C=O) groups excluding carboxylic acids is 1. The van der Waals surface area contributed by atoms with Crippen molar-refractivity contribution in [1.29, 1.82) is 0 Å². The standard InChI is InChI=1S/C19H15N5O4/c1-20-16-12-6-4-3-5-11(12)14(8-21-16)24-17(25)15-13-7-10(23(15)18(24)26)9-22(13)19(27)28-2/h3-6,8,10,13,25H,7,9H2,2H3. The molecular weight excluding hydrogens is 362 g/mol. The van der Waals surface area contributed by atoms with E-state index >= 15 is 0 Å². The molecule has 2 bridgehead atoms. The molecule has 140 valence electrons. The first-order valence-electron chi connectivity index (χ1n) is 8.73. The molecule has 2 unspecified atom stereocenters. The lowest BCUT2D eigenvalue weighted by atomic mass is 10.1. The van der Waals surface area contributed by atoms with Gasteiger partial charge in [-0.15, -0.1) is 4.98 Å². The summed E-state index contributed by atoms with van der Waals surface area (Å²) in [6.45, 7) is 7.66. The summed E-state index contributed by atoms with van der Waals surface area (Å²) < 4.78 is 7.58. The second-order valence-corrected chi connectivity index (χ2v) is 6.85. The highest BCUT2D eigenvalue weighted by Gasteiger charge is 2.49. The molecule has 0 aliphatic carbocycles. The van der Waals surface area contributed by atoms with Crippen LogP contribution in [-0.4, -0.2) is 43.9 Å². The van der Waals surface area contributed by atoms with Crippen molar-refractivity contribution in [3.05, 3.63) is 58.1 Å². The Bertz CT molecular complexity index is 1250. The Hall–Kier alpha value is -3.80. The SMILES string of the molecule is [C-]#[N+]c1ncc(-n2c(O)c3n(c2=O)C2CC3N(C(=O)OC)C2)c2ccccc12. The summed E-state index contributed by atoms with van der Waals surface area (Å²) in [6, 6.07) is 6.51. The van der Waals surface area contributed by atoms with Gasteiger partial charge in [0.05, 0.1) is 19.2 Å². The first-order chi connectivity index (χ1) is 13.6. The largest absolute Gasteiger partial charge is 0.493 e. The molecule has 1 saturated heterocycles. The van der Waals surface area contributed by atoms with Crippen LogP contribution in [0.15, 0.2) is 35.3 Å². The summed E-state index contributed by atoms with van der Waals surface area (Å²) in [5.41, 5.74) is 0.424. The average Bonchev–Trinajstić information content (AvgIpc) is 3.38. The maximum absolute atomic E-state index is 13.2. The highest BCUT2D eigenvalue weighted by atomic mass is 16.5. The second kappa shape index (κ2) is 5.60. The van der Waals surface area contributed by atoms with E-state index in [1.165, 1.54) is 22.8 Å². The van der Waals surface area contributed by atoms with Crippen LogP contribution in [0, 0.1) is 6.57 Å². The lowest BCUT2D eigenvalue weighted by molar-refractivity contribution is 0.112. The zero-order chi connectivity index (χ0) is 19.6. The van der Waals surface area contributed by atoms with Crippen LogP contribution in [0.1, 0.15) is 24.2 Å². The zero-order valence-corrected chi connectivity index (χ0v) is 14.9. The lowest BCUT2D eigenvalue weighted by Gasteiger charge is -2.26. The molecule has 1 aromatic carbocycles. The second-order valence-electron chi connectivity index (χ2n) is 6.85. The summed E-state index contributed by atoms with van der Waals surface area (Å²) in [5.74, 6) is 0.0178. The minimum absolute atomic E-state index is 0.208. The monoisotopic (exact) mass is 377 g/mol. The van der Waals surface area contributed by atoms with Gasteiger partial charge in [0.25, 0.3) is 5.82 Å². The summed E-state index contributed by atoms with van der Waals surface area (Å²) in [6.07, 6.45) is 1.52. The number of carbonyl (C=O) groups is 1. The molecule has 4 heterocycles. The van der Waals surface area contributed by atoms with E-state index in [2.05, 4.69) is 9.83 Å². The van der Waals surface area contributed by atoms with Gasteiger partial charge in [-0.2, -0.15) is 0 Å². The highest BCUT2D eigenvalue weighted by molar-refractivity contribution is 5.97. The Morgan fingerprint density at radius 1 is 1.36 bits per heavy atom. The molecule has 0 spiro atoms. The fourth-order valence-corrected chi connectivity index (χ4v) is 4.41. The Labute approximate surface area is 158 Å². The molecule has 5 rings (SSSR count). The van der Waals surface area contributed by atoms with Crippen LogP contribution >= 0.6 is 0 Å². The number of rotatable bonds is 1. The van der Waals surface area contributed by atoms with Crippen LogP contribution in [-0.2, 0) is 4.74 Å². The lowest BCUT2D eigenvalue weighted by Crippen LogP contribution is -2.37. The Balaban J connectivity index is 1.74. The number of aromatic hydroxyl groups is 1. The predicted octanol–water partition coefficient (Wildman–Crippen LogP) is 2.51. The fourth-order valence-electron chi connectivity index (χ4n) is 4.41. The molecule has 2 aromatic heterocycles. The number of fused-ring (bicyclic) bond motifs is 6. The van der Waals surface area contributed by atoms with E-state index in [1.54, 1.807) is 28.8 Å². The number of hydrogen-bond acceptors (Lipinski definition) is 5. The van der Waals surface area contributed by atoms with Gasteiger partial charge in [0.1, 0.15) is 17.6 Å². The number of amides is 1. The minimum Gasteiger partial charge on any atom is -0.493 e. The quantitative estimate of drug-likeness (QED) is 0.658. The predicted molar refractivity (Wildman–Crippen MR) is 98.8 cm³/mol.